The molecule has 0 aliphatic rings. The molecule has 0 spiro atoms. The predicted molar refractivity (Wildman–Crippen MR) is 90.8 cm³/mol. The molecule has 0 fully saturated rings. The molecule has 0 amide bonds. The molecule has 0 saturated carbocycles. The average Bonchev–Trinajstić information content (AvgIpc) is 3.06. The Bertz CT molecular complexity index is 1070. The molecule has 0 bridgehead atoms. The first-order chi connectivity index (χ1) is 11.8. The Morgan fingerprint density at radius 2 is 2.08 bits per heavy atom. The fourth-order valence-corrected chi connectivity index (χ4v) is 3.79. The summed E-state index contributed by atoms with van der Waals surface area (Å²) in [5.41, 5.74) is 2.57. The van der Waals surface area contributed by atoms with Gasteiger partial charge in [-0.25, -0.2) is 17.9 Å². The molecule has 1 aromatic carbocycles. The first-order valence-electron chi connectivity index (χ1n) is 7.42. The standard InChI is InChI=1S/C16H16N4O4S/c1-9-6-14(12-4-3-5-17-15(12)10(9)2)25(23,24)18-8-11-7-13(16(21)22)20-19-11/h3-7,18H,8H2,1-2H3,(H,19,20)(H,21,22). The molecule has 0 unspecified atom stereocenters. The van der Waals surface area contributed by atoms with Crippen molar-refractivity contribution in [1.82, 2.24) is 19.9 Å². The Balaban J connectivity index is 1.96. The van der Waals surface area contributed by atoms with Gasteiger partial charge in [0, 0.05) is 11.6 Å². The molecule has 3 rings (SSSR count). The van der Waals surface area contributed by atoms with Gasteiger partial charge in [-0.3, -0.25) is 10.1 Å². The molecule has 0 atom stereocenters. The molecular weight excluding hydrogens is 344 g/mol. The van der Waals surface area contributed by atoms with Crippen LogP contribution in [0.2, 0.25) is 0 Å². The summed E-state index contributed by atoms with van der Waals surface area (Å²) in [4.78, 5) is 15.2. The summed E-state index contributed by atoms with van der Waals surface area (Å²) in [6.07, 6.45) is 1.62. The van der Waals surface area contributed by atoms with Crippen molar-refractivity contribution in [3.8, 4) is 0 Å². The number of pyridine rings is 1. The zero-order valence-corrected chi connectivity index (χ0v) is 14.4. The van der Waals surface area contributed by atoms with Crippen LogP contribution in [0.4, 0.5) is 0 Å². The highest BCUT2D eigenvalue weighted by molar-refractivity contribution is 7.89. The Labute approximate surface area is 144 Å². The number of nitrogens with one attached hydrogen (secondary N) is 2. The number of fused-ring (bicyclic) bond motifs is 1. The Kier molecular flexibility index (Phi) is 4.27. The van der Waals surface area contributed by atoms with E-state index in [2.05, 4.69) is 19.9 Å². The second-order valence-electron chi connectivity index (χ2n) is 5.62. The number of aromatic amines is 1. The molecular formula is C16H16N4O4S. The Morgan fingerprint density at radius 3 is 2.76 bits per heavy atom. The molecule has 0 aliphatic heterocycles. The monoisotopic (exact) mass is 360 g/mol. The summed E-state index contributed by atoms with van der Waals surface area (Å²) >= 11 is 0. The minimum atomic E-state index is -3.82. The molecule has 9 heteroatoms. The molecule has 25 heavy (non-hydrogen) atoms. The van der Waals surface area contributed by atoms with Crippen LogP contribution in [0.25, 0.3) is 10.9 Å². The van der Waals surface area contributed by atoms with Gasteiger partial charge in [0.2, 0.25) is 10.0 Å². The number of hydrogen-bond acceptors (Lipinski definition) is 5. The van der Waals surface area contributed by atoms with E-state index in [9.17, 15) is 13.2 Å². The maximum atomic E-state index is 12.7. The molecule has 3 aromatic rings. The van der Waals surface area contributed by atoms with Crippen LogP contribution in [0.5, 0.6) is 0 Å². The van der Waals surface area contributed by atoms with Crippen LogP contribution >= 0.6 is 0 Å². The van der Waals surface area contributed by atoms with E-state index in [1.165, 1.54) is 6.07 Å². The van der Waals surface area contributed by atoms with Gasteiger partial charge in [-0.1, -0.05) is 0 Å². The van der Waals surface area contributed by atoms with Gasteiger partial charge in [0.05, 0.1) is 22.7 Å². The van der Waals surface area contributed by atoms with Gasteiger partial charge in [-0.05, 0) is 49.2 Å². The van der Waals surface area contributed by atoms with Crippen LogP contribution in [0, 0.1) is 13.8 Å². The van der Waals surface area contributed by atoms with Crippen molar-refractivity contribution in [1.29, 1.82) is 0 Å². The van der Waals surface area contributed by atoms with E-state index in [0.717, 1.165) is 11.1 Å². The van der Waals surface area contributed by atoms with Gasteiger partial charge in [-0.2, -0.15) is 5.10 Å². The van der Waals surface area contributed by atoms with Crippen LogP contribution in [-0.4, -0.2) is 34.7 Å². The first kappa shape index (κ1) is 17.1. The number of carboxylic acid groups (broad SMARTS) is 1. The van der Waals surface area contributed by atoms with Crippen LogP contribution in [0.3, 0.4) is 0 Å². The van der Waals surface area contributed by atoms with Crippen molar-refractivity contribution in [2.45, 2.75) is 25.3 Å². The molecule has 0 aliphatic carbocycles. The number of sulfonamides is 1. The van der Waals surface area contributed by atoms with Crippen molar-refractivity contribution >= 4 is 26.9 Å². The lowest BCUT2D eigenvalue weighted by atomic mass is 10.1. The van der Waals surface area contributed by atoms with E-state index < -0.39 is 16.0 Å². The summed E-state index contributed by atoms with van der Waals surface area (Å²) < 4.78 is 27.9. The summed E-state index contributed by atoms with van der Waals surface area (Å²) in [6, 6.07) is 6.29. The fourth-order valence-electron chi connectivity index (χ4n) is 2.51. The minimum Gasteiger partial charge on any atom is -0.476 e. The third-order valence-corrected chi connectivity index (χ3v) is 5.40. The number of benzene rings is 1. The number of hydrogen-bond donors (Lipinski definition) is 3. The van der Waals surface area contributed by atoms with E-state index in [4.69, 9.17) is 5.11 Å². The number of rotatable bonds is 5. The average molecular weight is 360 g/mol. The number of nitrogens with zero attached hydrogens (tertiary/aromatic N) is 2. The quantitative estimate of drug-likeness (QED) is 0.636. The van der Waals surface area contributed by atoms with E-state index in [0.29, 0.717) is 16.6 Å². The summed E-state index contributed by atoms with van der Waals surface area (Å²) in [5, 5.41) is 15.5. The zero-order valence-electron chi connectivity index (χ0n) is 13.6. The van der Waals surface area contributed by atoms with Gasteiger partial charge < -0.3 is 5.11 Å². The SMILES string of the molecule is Cc1cc(S(=O)(=O)NCc2cc(C(=O)O)n[nH]2)c2cccnc2c1C. The number of aromatic nitrogens is 3. The van der Waals surface area contributed by atoms with Crippen LogP contribution < -0.4 is 4.72 Å². The van der Waals surface area contributed by atoms with Gasteiger partial charge >= 0.3 is 5.97 Å². The Hall–Kier alpha value is -2.78. The summed E-state index contributed by atoms with van der Waals surface area (Å²) in [6.45, 7) is 3.63. The summed E-state index contributed by atoms with van der Waals surface area (Å²) in [5.74, 6) is -1.18. The topological polar surface area (TPSA) is 125 Å². The van der Waals surface area contributed by atoms with E-state index in [-0.39, 0.29) is 17.1 Å². The molecule has 130 valence electrons. The molecule has 8 nitrogen and oxygen atoms in total. The van der Waals surface area contributed by atoms with Gasteiger partial charge in [0.1, 0.15) is 0 Å². The second kappa shape index (κ2) is 6.26. The van der Waals surface area contributed by atoms with E-state index in [1.54, 1.807) is 24.4 Å². The highest BCUT2D eigenvalue weighted by atomic mass is 32.2. The predicted octanol–water partition coefficient (Wildman–Crippen LogP) is 1.75. The normalized spacial score (nSPS) is 11.8. The molecule has 0 radical (unpaired) electrons. The lowest BCUT2D eigenvalue weighted by Crippen LogP contribution is -2.24. The molecule has 2 aromatic heterocycles. The number of aromatic carboxylic acids is 1. The van der Waals surface area contributed by atoms with Gasteiger partial charge in [0.15, 0.2) is 5.69 Å². The van der Waals surface area contributed by atoms with E-state index in [1.807, 2.05) is 13.8 Å². The maximum absolute atomic E-state index is 12.7. The van der Waals surface area contributed by atoms with Crippen molar-refractivity contribution < 1.29 is 18.3 Å². The lowest BCUT2D eigenvalue weighted by molar-refractivity contribution is 0.0690. The van der Waals surface area contributed by atoms with E-state index >= 15 is 0 Å². The maximum Gasteiger partial charge on any atom is 0.356 e. The highest BCUT2D eigenvalue weighted by Gasteiger charge is 2.20. The number of H-pyrrole nitrogens is 1. The van der Waals surface area contributed by atoms with Crippen molar-refractivity contribution in [3.63, 3.8) is 0 Å². The third kappa shape index (κ3) is 3.24. The molecule has 3 N–H and O–H groups in total. The van der Waals surface area contributed by atoms with Crippen molar-refractivity contribution in [2.24, 2.45) is 0 Å². The Morgan fingerprint density at radius 1 is 1.32 bits per heavy atom. The van der Waals surface area contributed by atoms with Crippen LogP contribution in [0.15, 0.2) is 35.4 Å². The lowest BCUT2D eigenvalue weighted by Gasteiger charge is -2.12. The molecule has 2 heterocycles. The third-order valence-electron chi connectivity index (χ3n) is 3.96. The van der Waals surface area contributed by atoms with Crippen LogP contribution in [-0.2, 0) is 16.6 Å². The molecule has 0 saturated heterocycles. The highest BCUT2D eigenvalue weighted by Crippen LogP contribution is 2.27. The number of aryl methyl sites for hydroxylation is 2. The first-order valence-corrected chi connectivity index (χ1v) is 8.90. The van der Waals surface area contributed by atoms with Crippen molar-refractivity contribution in [3.05, 3.63) is 53.0 Å². The van der Waals surface area contributed by atoms with Gasteiger partial charge in [0.25, 0.3) is 0 Å². The fraction of sp³-hybridized carbons (Fsp3) is 0.188. The smallest absolute Gasteiger partial charge is 0.356 e. The van der Waals surface area contributed by atoms with Gasteiger partial charge in [-0.15, -0.1) is 0 Å². The zero-order chi connectivity index (χ0) is 18.2. The minimum absolute atomic E-state index is 0.0999. The second-order valence-corrected chi connectivity index (χ2v) is 7.36. The van der Waals surface area contributed by atoms with Crippen molar-refractivity contribution in [2.75, 3.05) is 0 Å². The number of carboxylic acids is 1. The summed E-state index contributed by atoms with van der Waals surface area (Å²) in [7, 11) is -3.82. The largest absolute Gasteiger partial charge is 0.476 e. The number of carbonyl (C=O) groups is 1. The van der Waals surface area contributed by atoms with Crippen LogP contribution in [0.1, 0.15) is 27.3 Å².